The normalized spacial score (nSPS) is 11.6. The van der Waals surface area contributed by atoms with Crippen LogP contribution in [0.4, 0.5) is 0 Å². The second-order valence-corrected chi connectivity index (χ2v) is 6.04. The quantitative estimate of drug-likeness (QED) is 0.589. The smallest absolute Gasteiger partial charge is 0.221 e. The average molecular weight is 256 g/mol. The average Bonchev–Trinajstić information content (AvgIpc) is 2.26. The third kappa shape index (κ3) is 13.5. The van der Waals surface area contributed by atoms with Gasteiger partial charge in [-0.05, 0) is 27.2 Å². The number of carbonyl (C=O) groups excluding carboxylic acids is 1. The van der Waals surface area contributed by atoms with Gasteiger partial charge >= 0.3 is 0 Å². The molecule has 1 amide bonds. The number of carbonyl (C=O) groups is 1. The van der Waals surface area contributed by atoms with Gasteiger partial charge in [-0.3, -0.25) is 4.79 Å². The summed E-state index contributed by atoms with van der Waals surface area (Å²) in [4.78, 5) is 11.5. The van der Waals surface area contributed by atoms with Crippen molar-refractivity contribution in [3.05, 3.63) is 0 Å². The van der Waals surface area contributed by atoms with Crippen LogP contribution < -0.4 is 10.6 Å². The molecule has 0 fully saturated rings. The first kappa shape index (κ1) is 17.4. The zero-order valence-corrected chi connectivity index (χ0v) is 12.8. The number of hydrogen-bond donors (Lipinski definition) is 2. The van der Waals surface area contributed by atoms with Crippen LogP contribution >= 0.6 is 0 Å². The summed E-state index contributed by atoms with van der Waals surface area (Å²) in [5.74, 6) is 0.167. The van der Waals surface area contributed by atoms with Crippen molar-refractivity contribution in [2.45, 2.75) is 78.2 Å². The Bertz CT molecular complexity index is 209. The minimum atomic E-state index is 0.0968. The standard InChI is InChI=1S/C15H32N2O/c1-5-6-7-8-9-10-12-16-14(18)11-13-17-15(2,3)4/h17H,5-13H2,1-4H3,(H,16,18). The Labute approximate surface area is 113 Å². The van der Waals surface area contributed by atoms with Crippen LogP contribution in [0.2, 0.25) is 0 Å². The van der Waals surface area contributed by atoms with Crippen LogP contribution in [0, 0.1) is 0 Å². The van der Waals surface area contributed by atoms with Crippen molar-refractivity contribution in [2.24, 2.45) is 0 Å². The van der Waals surface area contributed by atoms with E-state index in [1.54, 1.807) is 0 Å². The van der Waals surface area contributed by atoms with Crippen LogP contribution in [0.5, 0.6) is 0 Å². The minimum Gasteiger partial charge on any atom is -0.356 e. The van der Waals surface area contributed by atoms with Gasteiger partial charge in [-0.1, -0.05) is 39.0 Å². The Kier molecular flexibility index (Phi) is 10.0. The Balaban J connectivity index is 3.27. The van der Waals surface area contributed by atoms with Crippen LogP contribution in [-0.4, -0.2) is 24.5 Å². The maximum Gasteiger partial charge on any atom is 0.221 e. The molecule has 0 aliphatic rings. The molecular formula is C15H32N2O. The number of nitrogens with one attached hydrogen (secondary N) is 2. The van der Waals surface area contributed by atoms with Crippen LogP contribution in [0.15, 0.2) is 0 Å². The molecule has 0 saturated carbocycles. The van der Waals surface area contributed by atoms with Crippen LogP contribution in [0.1, 0.15) is 72.6 Å². The first-order valence-corrected chi connectivity index (χ1v) is 7.47. The number of rotatable bonds is 10. The number of unbranched alkanes of at least 4 members (excludes halogenated alkanes) is 5. The zero-order chi connectivity index (χ0) is 13.9. The van der Waals surface area contributed by atoms with E-state index in [2.05, 4.69) is 38.3 Å². The maximum atomic E-state index is 11.5. The van der Waals surface area contributed by atoms with Crippen molar-refractivity contribution in [3.63, 3.8) is 0 Å². The zero-order valence-electron chi connectivity index (χ0n) is 12.8. The van der Waals surface area contributed by atoms with E-state index >= 15 is 0 Å². The van der Waals surface area contributed by atoms with E-state index < -0.39 is 0 Å². The molecule has 0 spiro atoms. The molecule has 0 heterocycles. The van der Waals surface area contributed by atoms with Gasteiger partial charge in [-0.25, -0.2) is 0 Å². The van der Waals surface area contributed by atoms with Crippen LogP contribution in [-0.2, 0) is 4.79 Å². The molecular weight excluding hydrogens is 224 g/mol. The highest BCUT2D eigenvalue weighted by Crippen LogP contribution is 2.04. The molecule has 0 aliphatic heterocycles. The summed E-state index contributed by atoms with van der Waals surface area (Å²) in [6.45, 7) is 10.2. The fourth-order valence-corrected chi connectivity index (χ4v) is 1.77. The Hall–Kier alpha value is -0.570. The van der Waals surface area contributed by atoms with Gasteiger partial charge in [0.15, 0.2) is 0 Å². The van der Waals surface area contributed by atoms with E-state index in [0.29, 0.717) is 6.42 Å². The van der Waals surface area contributed by atoms with Gasteiger partial charge in [-0.2, -0.15) is 0 Å². The lowest BCUT2D eigenvalue weighted by Crippen LogP contribution is -2.38. The first-order valence-electron chi connectivity index (χ1n) is 7.47. The van der Waals surface area contributed by atoms with Crippen LogP contribution in [0.3, 0.4) is 0 Å². The van der Waals surface area contributed by atoms with E-state index in [-0.39, 0.29) is 11.4 Å². The highest BCUT2D eigenvalue weighted by atomic mass is 16.1. The summed E-state index contributed by atoms with van der Waals surface area (Å²) >= 11 is 0. The van der Waals surface area contributed by atoms with Crippen molar-refractivity contribution in [1.82, 2.24) is 10.6 Å². The third-order valence-electron chi connectivity index (χ3n) is 2.86. The van der Waals surface area contributed by atoms with Gasteiger partial charge in [0.25, 0.3) is 0 Å². The van der Waals surface area contributed by atoms with E-state index in [1.165, 1.54) is 32.1 Å². The van der Waals surface area contributed by atoms with E-state index in [1.807, 2.05) is 0 Å². The summed E-state index contributed by atoms with van der Waals surface area (Å²) in [6.07, 6.45) is 8.19. The molecule has 2 N–H and O–H groups in total. The molecule has 0 aromatic heterocycles. The monoisotopic (exact) mass is 256 g/mol. The second kappa shape index (κ2) is 10.4. The lowest BCUT2D eigenvalue weighted by molar-refractivity contribution is -0.121. The van der Waals surface area contributed by atoms with E-state index in [0.717, 1.165) is 19.5 Å². The van der Waals surface area contributed by atoms with Gasteiger partial charge in [0.2, 0.25) is 5.91 Å². The highest BCUT2D eigenvalue weighted by Gasteiger charge is 2.09. The SMILES string of the molecule is CCCCCCCCNC(=O)CCNC(C)(C)C. The summed E-state index contributed by atoms with van der Waals surface area (Å²) in [6, 6.07) is 0. The van der Waals surface area contributed by atoms with Crippen molar-refractivity contribution >= 4 is 5.91 Å². The second-order valence-electron chi connectivity index (χ2n) is 6.04. The molecule has 18 heavy (non-hydrogen) atoms. The lowest BCUT2D eigenvalue weighted by atomic mass is 10.1. The Morgan fingerprint density at radius 3 is 2.17 bits per heavy atom. The molecule has 0 bridgehead atoms. The molecule has 0 atom stereocenters. The Morgan fingerprint density at radius 2 is 1.56 bits per heavy atom. The molecule has 0 rings (SSSR count). The molecule has 0 radical (unpaired) electrons. The van der Waals surface area contributed by atoms with Gasteiger partial charge in [-0.15, -0.1) is 0 Å². The van der Waals surface area contributed by atoms with Gasteiger partial charge in [0.1, 0.15) is 0 Å². The van der Waals surface area contributed by atoms with Crippen molar-refractivity contribution in [2.75, 3.05) is 13.1 Å². The van der Waals surface area contributed by atoms with Gasteiger partial charge in [0.05, 0.1) is 0 Å². The lowest BCUT2D eigenvalue weighted by Gasteiger charge is -2.20. The van der Waals surface area contributed by atoms with Gasteiger partial charge < -0.3 is 10.6 Å². The molecule has 0 aliphatic carbocycles. The topological polar surface area (TPSA) is 41.1 Å². The van der Waals surface area contributed by atoms with Crippen molar-refractivity contribution in [3.8, 4) is 0 Å². The van der Waals surface area contributed by atoms with Crippen molar-refractivity contribution < 1.29 is 4.79 Å². The molecule has 3 nitrogen and oxygen atoms in total. The summed E-state index contributed by atoms with van der Waals surface area (Å²) in [5, 5.41) is 6.30. The Morgan fingerprint density at radius 1 is 0.944 bits per heavy atom. The molecule has 108 valence electrons. The predicted molar refractivity (Wildman–Crippen MR) is 78.8 cm³/mol. The van der Waals surface area contributed by atoms with E-state index in [4.69, 9.17) is 0 Å². The molecule has 0 saturated heterocycles. The predicted octanol–water partition coefficient (Wildman–Crippen LogP) is 3.24. The fraction of sp³-hybridized carbons (Fsp3) is 0.933. The number of hydrogen-bond acceptors (Lipinski definition) is 2. The molecule has 0 aromatic carbocycles. The summed E-state index contributed by atoms with van der Waals surface area (Å²) < 4.78 is 0. The first-order chi connectivity index (χ1) is 8.45. The van der Waals surface area contributed by atoms with Gasteiger partial charge in [0, 0.05) is 25.0 Å². The minimum absolute atomic E-state index is 0.0968. The fourth-order valence-electron chi connectivity index (χ4n) is 1.77. The third-order valence-corrected chi connectivity index (χ3v) is 2.86. The molecule has 0 aromatic rings. The molecule has 3 heteroatoms. The number of amides is 1. The maximum absolute atomic E-state index is 11.5. The van der Waals surface area contributed by atoms with Crippen molar-refractivity contribution in [1.29, 1.82) is 0 Å². The largest absolute Gasteiger partial charge is 0.356 e. The summed E-state index contributed by atoms with van der Waals surface area (Å²) in [5.41, 5.74) is 0.0968. The van der Waals surface area contributed by atoms with Crippen LogP contribution in [0.25, 0.3) is 0 Å². The summed E-state index contributed by atoms with van der Waals surface area (Å²) in [7, 11) is 0. The highest BCUT2D eigenvalue weighted by molar-refractivity contribution is 5.75. The molecule has 0 unspecified atom stereocenters. The van der Waals surface area contributed by atoms with E-state index in [9.17, 15) is 4.79 Å².